The summed E-state index contributed by atoms with van der Waals surface area (Å²) in [4.78, 5) is 24.5. The molecule has 3 rings (SSSR count). The monoisotopic (exact) mass is 352 g/mol. The maximum Gasteiger partial charge on any atom is 0.230 e. The molecule has 0 unspecified atom stereocenters. The number of pyridine rings is 1. The van der Waals surface area contributed by atoms with E-state index in [1.165, 1.54) is 31.6 Å². The number of rotatable bonds is 5. The van der Waals surface area contributed by atoms with Crippen LogP contribution in [0.25, 0.3) is 11.3 Å². The van der Waals surface area contributed by atoms with E-state index in [1.54, 1.807) is 18.5 Å². The Morgan fingerprint density at radius 1 is 1.23 bits per heavy atom. The number of anilines is 1. The van der Waals surface area contributed by atoms with E-state index in [1.807, 2.05) is 13.0 Å². The highest BCUT2D eigenvalue weighted by atomic mass is 19.1. The molecule has 7 heteroatoms. The van der Waals surface area contributed by atoms with Gasteiger partial charge in [0.15, 0.2) is 0 Å². The smallest absolute Gasteiger partial charge is 0.230 e. The lowest BCUT2D eigenvalue weighted by Crippen LogP contribution is -2.16. The molecule has 0 fully saturated rings. The van der Waals surface area contributed by atoms with E-state index in [2.05, 4.69) is 20.3 Å². The molecule has 3 aromatic rings. The molecule has 2 heterocycles. The van der Waals surface area contributed by atoms with Gasteiger partial charge in [0, 0.05) is 24.0 Å². The maximum atomic E-state index is 13.6. The van der Waals surface area contributed by atoms with Crippen LogP contribution in [-0.4, -0.2) is 28.0 Å². The number of benzene rings is 1. The molecule has 0 spiro atoms. The third kappa shape index (κ3) is 4.00. The first-order chi connectivity index (χ1) is 12.6. The van der Waals surface area contributed by atoms with Crippen LogP contribution in [0.3, 0.4) is 0 Å². The van der Waals surface area contributed by atoms with Crippen molar-refractivity contribution < 1.29 is 13.9 Å². The highest BCUT2D eigenvalue weighted by Gasteiger charge is 2.12. The van der Waals surface area contributed by atoms with Gasteiger partial charge in [-0.25, -0.2) is 14.4 Å². The normalized spacial score (nSPS) is 10.4. The SMILES string of the molecule is COc1ccc(F)cc1-c1cc(NC(=O)Cc2cnccc2C)ncn1. The van der Waals surface area contributed by atoms with Gasteiger partial charge in [-0.1, -0.05) is 0 Å². The zero-order chi connectivity index (χ0) is 18.5. The van der Waals surface area contributed by atoms with Crippen molar-refractivity contribution in [3.05, 3.63) is 66.0 Å². The summed E-state index contributed by atoms with van der Waals surface area (Å²) in [5, 5.41) is 2.73. The standard InChI is InChI=1S/C19H17FN4O2/c1-12-5-6-21-10-13(12)7-19(25)24-18-9-16(22-11-23-18)15-8-14(20)3-4-17(15)26-2/h3-6,8-11H,7H2,1-2H3,(H,22,23,24,25). The predicted molar refractivity (Wildman–Crippen MR) is 95.3 cm³/mol. The molecule has 0 radical (unpaired) electrons. The van der Waals surface area contributed by atoms with Crippen molar-refractivity contribution in [1.29, 1.82) is 0 Å². The molecular formula is C19H17FN4O2. The molecule has 1 amide bonds. The fraction of sp³-hybridized carbons (Fsp3) is 0.158. The van der Waals surface area contributed by atoms with E-state index in [4.69, 9.17) is 4.74 Å². The van der Waals surface area contributed by atoms with Crippen LogP contribution in [0.2, 0.25) is 0 Å². The molecule has 0 saturated carbocycles. The summed E-state index contributed by atoms with van der Waals surface area (Å²) in [7, 11) is 1.50. The van der Waals surface area contributed by atoms with E-state index in [0.29, 0.717) is 22.8 Å². The Labute approximate surface area is 150 Å². The van der Waals surface area contributed by atoms with Gasteiger partial charge in [-0.2, -0.15) is 0 Å². The van der Waals surface area contributed by atoms with E-state index >= 15 is 0 Å². The summed E-state index contributed by atoms with van der Waals surface area (Å²) < 4.78 is 18.8. The Hall–Kier alpha value is -3.35. The largest absolute Gasteiger partial charge is 0.496 e. The average molecular weight is 352 g/mol. The Morgan fingerprint density at radius 2 is 2.08 bits per heavy atom. The average Bonchev–Trinajstić information content (AvgIpc) is 2.64. The van der Waals surface area contributed by atoms with Crippen LogP contribution in [0, 0.1) is 12.7 Å². The van der Waals surface area contributed by atoms with E-state index < -0.39 is 5.82 Å². The number of aromatic nitrogens is 3. The molecule has 0 aliphatic carbocycles. The molecule has 1 N–H and O–H groups in total. The second-order valence-corrected chi connectivity index (χ2v) is 5.66. The summed E-state index contributed by atoms with van der Waals surface area (Å²) >= 11 is 0. The molecule has 26 heavy (non-hydrogen) atoms. The van der Waals surface area contributed by atoms with Gasteiger partial charge in [-0.3, -0.25) is 9.78 Å². The van der Waals surface area contributed by atoms with Gasteiger partial charge in [-0.15, -0.1) is 0 Å². The quantitative estimate of drug-likeness (QED) is 0.763. The number of aryl methyl sites for hydroxylation is 1. The van der Waals surface area contributed by atoms with Crippen LogP contribution in [-0.2, 0) is 11.2 Å². The van der Waals surface area contributed by atoms with E-state index in [0.717, 1.165) is 11.1 Å². The van der Waals surface area contributed by atoms with Crippen LogP contribution in [0.15, 0.2) is 49.1 Å². The fourth-order valence-corrected chi connectivity index (χ4v) is 2.50. The number of hydrogen-bond donors (Lipinski definition) is 1. The molecular weight excluding hydrogens is 335 g/mol. The van der Waals surface area contributed by atoms with E-state index in [-0.39, 0.29) is 12.3 Å². The second-order valence-electron chi connectivity index (χ2n) is 5.66. The molecule has 0 aliphatic heterocycles. The number of carbonyl (C=O) groups excluding carboxylic acids is 1. The van der Waals surface area contributed by atoms with Gasteiger partial charge in [0.25, 0.3) is 0 Å². The number of nitrogens with one attached hydrogen (secondary N) is 1. The van der Waals surface area contributed by atoms with Crippen LogP contribution in [0.5, 0.6) is 5.75 Å². The summed E-state index contributed by atoms with van der Waals surface area (Å²) in [6, 6.07) is 7.58. The summed E-state index contributed by atoms with van der Waals surface area (Å²) in [5.41, 5.74) is 2.76. The van der Waals surface area contributed by atoms with Crippen LogP contribution < -0.4 is 10.1 Å². The lowest BCUT2D eigenvalue weighted by molar-refractivity contribution is -0.115. The Morgan fingerprint density at radius 3 is 2.85 bits per heavy atom. The summed E-state index contributed by atoms with van der Waals surface area (Å²) in [6.07, 6.45) is 4.84. The minimum Gasteiger partial charge on any atom is -0.496 e. The zero-order valence-electron chi connectivity index (χ0n) is 14.4. The predicted octanol–water partition coefficient (Wildman–Crippen LogP) is 3.18. The molecule has 0 aliphatic rings. The van der Waals surface area contributed by atoms with Crippen molar-refractivity contribution in [3.63, 3.8) is 0 Å². The molecule has 2 aromatic heterocycles. The summed E-state index contributed by atoms with van der Waals surface area (Å²) in [5.74, 6) is 0.176. The molecule has 0 saturated heterocycles. The summed E-state index contributed by atoms with van der Waals surface area (Å²) in [6.45, 7) is 1.92. The zero-order valence-corrected chi connectivity index (χ0v) is 14.4. The Balaban J connectivity index is 1.81. The molecule has 6 nitrogen and oxygen atoms in total. The number of amides is 1. The third-order valence-corrected chi connectivity index (χ3v) is 3.87. The fourth-order valence-electron chi connectivity index (χ4n) is 2.50. The third-order valence-electron chi connectivity index (χ3n) is 3.87. The topological polar surface area (TPSA) is 77.0 Å². The lowest BCUT2D eigenvalue weighted by atomic mass is 10.1. The first-order valence-electron chi connectivity index (χ1n) is 7.92. The number of ether oxygens (including phenoxy) is 1. The van der Waals surface area contributed by atoms with Gasteiger partial charge < -0.3 is 10.1 Å². The van der Waals surface area contributed by atoms with Gasteiger partial charge >= 0.3 is 0 Å². The van der Waals surface area contributed by atoms with Crippen molar-refractivity contribution in [2.24, 2.45) is 0 Å². The Bertz CT molecular complexity index is 946. The van der Waals surface area contributed by atoms with Crippen molar-refractivity contribution in [2.45, 2.75) is 13.3 Å². The highest BCUT2D eigenvalue weighted by Crippen LogP contribution is 2.29. The first kappa shape index (κ1) is 17.5. The van der Waals surface area contributed by atoms with Crippen LogP contribution in [0.1, 0.15) is 11.1 Å². The van der Waals surface area contributed by atoms with Crippen molar-refractivity contribution >= 4 is 11.7 Å². The highest BCUT2D eigenvalue weighted by molar-refractivity contribution is 5.92. The number of methoxy groups -OCH3 is 1. The van der Waals surface area contributed by atoms with Crippen LogP contribution >= 0.6 is 0 Å². The molecule has 132 valence electrons. The van der Waals surface area contributed by atoms with Crippen molar-refractivity contribution in [2.75, 3.05) is 12.4 Å². The molecule has 0 bridgehead atoms. The van der Waals surface area contributed by atoms with Gasteiger partial charge in [-0.05, 0) is 42.3 Å². The molecule has 1 aromatic carbocycles. The van der Waals surface area contributed by atoms with E-state index in [9.17, 15) is 9.18 Å². The number of halogens is 1. The minimum atomic E-state index is -0.406. The van der Waals surface area contributed by atoms with Crippen LogP contribution in [0.4, 0.5) is 10.2 Å². The van der Waals surface area contributed by atoms with Gasteiger partial charge in [0.05, 0.1) is 19.2 Å². The number of hydrogen-bond acceptors (Lipinski definition) is 5. The lowest BCUT2D eigenvalue weighted by Gasteiger charge is -2.10. The first-order valence-corrected chi connectivity index (χ1v) is 7.92. The molecule has 0 atom stereocenters. The second kappa shape index (κ2) is 7.69. The Kier molecular flexibility index (Phi) is 5.17. The van der Waals surface area contributed by atoms with Crippen molar-refractivity contribution in [3.8, 4) is 17.0 Å². The van der Waals surface area contributed by atoms with Gasteiger partial charge in [0.2, 0.25) is 5.91 Å². The maximum absolute atomic E-state index is 13.6. The minimum absolute atomic E-state index is 0.183. The van der Waals surface area contributed by atoms with Crippen molar-refractivity contribution in [1.82, 2.24) is 15.0 Å². The van der Waals surface area contributed by atoms with Gasteiger partial charge in [0.1, 0.15) is 23.7 Å². The number of nitrogens with zero attached hydrogens (tertiary/aromatic N) is 3. The number of carbonyl (C=O) groups is 1.